The van der Waals surface area contributed by atoms with Crippen LogP contribution in [0.25, 0.3) is 6.08 Å². The van der Waals surface area contributed by atoms with E-state index in [-0.39, 0.29) is 23.6 Å². The molecule has 4 aromatic rings. The van der Waals surface area contributed by atoms with Gasteiger partial charge in [0.05, 0.1) is 24.0 Å². The van der Waals surface area contributed by atoms with Gasteiger partial charge in [-0.1, -0.05) is 57.2 Å². The molecule has 3 aromatic carbocycles. The standard InChI is InChI=1S/C42H47N3O6S2/c1-7-50-31-20-17-27(18-21-31)23-34(44-38(47)28-13-10-9-11-14-28)39(48)43-30-15-12-16-32(25-30)52-26(3)37(46)45-40-36(41(49)51-8-2)33-22-19-29(42(4,5)6)24-35(33)53-40/h9-18,20-21,23,25-26,29H,7-8,19,22,24H2,1-6H3,(H,43,48)(H,44,47)(H,45,46)/b34-23+. The second kappa shape index (κ2) is 17.8. The Bertz CT molecular complexity index is 1960. The smallest absolute Gasteiger partial charge is 0.341 e. The average Bonchev–Trinajstić information content (AvgIpc) is 3.49. The van der Waals surface area contributed by atoms with Crippen molar-refractivity contribution in [3.8, 4) is 5.75 Å². The Morgan fingerprint density at radius 3 is 2.36 bits per heavy atom. The van der Waals surface area contributed by atoms with Crippen LogP contribution in [0.5, 0.6) is 5.75 Å². The number of ether oxygens (including phenoxy) is 2. The van der Waals surface area contributed by atoms with Crippen molar-refractivity contribution < 1.29 is 28.7 Å². The molecular weight excluding hydrogens is 707 g/mol. The van der Waals surface area contributed by atoms with Gasteiger partial charge in [0.2, 0.25) is 5.91 Å². The van der Waals surface area contributed by atoms with Crippen molar-refractivity contribution in [2.75, 3.05) is 23.8 Å². The van der Waals surface area contributed by atoms with E-state index in [2.05, 4.69) is 36.7 Å². The number of amides is 3. The maximum atomic E-state index is 13.7. The number of carbonyl (C=O) groups is 4. The first kappa shape index (κ1) is 39.3. The third-order valence-corrected chi connectivity index (χ3v) is 11.3. The normalized spacial score (nSPS) is 14.8. The molecule has 3 N–H and O–H groups in total. The van der Waals surface area contributed by atoms with E-state index in [1.807, 2.05) is 19.1 Å². The minimum Gasteiger partial charge on any atom is -0.494 e. The molecule has 9 nitrogen and oxygen atoms in total. The Morgan fingerprint density at radius 2 is 1.68 bits per heavy atom. The van der Waals surface area contributed by atoms with Crippen molar-refractivity contribution in [2.45, 2.75) is 71.0 Å². The molecule has 0 radical (unpaired) electrons. The quantitative estimate of drug-likeness (QED) is 0.0708. The van der Waals surface area contributed by atoms with E-state index < -0.39 is 23.0 Å². The highest BCUT2D eigenvalue weighted by Gasteiger charge is 2.35. The van der Waals surface area contributed by atoms with Gasteiger partial charge in [0.25, 0.3) is 11.8 Å². The molecule has 5 rings (SSSR count). The largest absolute Gasteiger partial charge is 0.494 e. The second-order valence-electron chi connectivity index (χ2n) is 13.8. The molecule has 0 saturated carbocycles. The number of anilines is 2. The Hall–Kier alpha value is -4.87. The van der Waals surface area contributed by atoms with Gasteiger partial charge < -0.3 is 25.4 Å². The van der Waals surface area contributed by atoms with E-state index >= 15 is 0 Å². The van der Waals surface area contributed by atoms with Crippen molar-refractivity contribution in [3.63, 3.8) is 0 Å². The predicted octanol–water partition coefficient (Wildman–Crippen LogP) is 9.00. The van der Waals surface area contributed by atoms with Crippen LogP contribution in [0.3, 0.4) is 0 Å². The lowest BCUT2D eigenvalue weighted by Crippen LogP contribution is -2.30. The molecule has 53 heavy (non-hydrogen) atoms. The van der Waals surface area contributed by atoms with Crippen LogP contribution >= 0.6 is 23.1 Å². The van der Waals surface area contributed by atoms with Crippen LogP contribution in [-0.4, -0.2) is 42.2 Å². The molecule has 2 atom stereocenters. The minimum absolute atomic E-state index is 0.0543. The molecule has 278 valence electrons. The van der Waals surface area contributed by atoms with Gasteiger partial charge in [-0.2, -0.15) is 0 Å². The maximum absolute atomic E-state index is 13.7. The van der Waals surface area contributed by atoms with Gasteiger partial charge in [0.1, 0.15) is 16.4 Å². The number of hydrogen-bond donors (Lipinski definition) is 3. The van der Waals surface area contributed by atoms with Gasteiger partial charge in [-0.25, -0.2) is 4.79 Å². The molecule has 0 fully saturated rings. The fourth-order valence-electron chi connectivity index (χ4n) is 6.09. The summed E-state index contributed by atoms with van der Waals surface area (Å²) in [6, 6.07) is 23.1. The van der Waals surface area contributed by atoms with Gasteiger partial charge in [0, 0.05) is 21.0 Å². The van der Waals surface area contributed by atoms with Gasteiger partial charge in [-0.05, 0) is 111 Å². The zero-order chi connectivity index (χ0) is 38.1. The summed E-state index contributed by atoms with van der Waals surface area (Å²) in [7, 11) is 0. The van der Waals surface area contributed by atoms with Crippen molar-refractivity contribution in [3.05, 3.63) is 112 Å². The van der Waals surface area contributed by atoms with Gasteiger partial charge >= 0.3 is 5.97 Å². The monoisotopic (exact) mass is 753 g/mol. The molecule has 1 aromatic heterocycles. The summed E-state index contributed by atoms with van der Waals surface area (Å²) >= 11 is 2.80. The summed E-state index contributed by atoms with van der Waals surface area (Å²) in [4.78, 5) is 55.4. The van der Waals surface area contributed by atoms with Crippen LogP contribution in [0.15, 0.2) is 89.5 Å². The summed E-state index contributed by atoms with van der Waals surface area (Å²) in [5, 5.41) is 8.70. The number of nitrogens with one attached hydrogen (secondary N) is 3. The van der Waals surface area contributed by atoms with Crippen LogP contribution in [0.4, 0.5) is 10.7 Å². The third-order valence-electron chi connectivity index (χ3n) is 9.01. The average molecular weight is 754 g/mol. The van der Waals surface area contributed by atoms with Crippen molar-refractivity contribution in [2.24, 2.45) is 11.3 Å². The lowest BCUT2D eigenvalue weighted by molar-refractivity contribution is -0.115. The summed E-state index contributed by atoms with van der Waals surface area (Å²) < 4.78 is 11.0. The van der Waals surface area contributed by atoms with Crippen LogP contribution in [0, 0.1) is 11.3 Å². The highest BCUT2D eigenvalue weighted by molar-refractivity contribution is 8.00. The molecule has 11 heteroatoms. The molecule has 3 amide bonds. The number of rotatable bonds is 13. The molecule has 2 unspecified atom stereocenters. The molecule has 0 bridgehead atoms. The number of thiophene rings is 1. The maximum Gasteiger partial charge on any atom is 0.341 e. The van der Waals surface area contributed by atoms with Gasteiger partial charge in [-0.15, -0.1) is 23.1 Å². The Kier molecular flexibility index (Phi) is 13.2. The van der Waals surface area contributed by atoms with Crippen molar-refractivity contribution in [1.82, 2.24) is 5.32 Å². The summed E-state index contributed by atoms with van der Waals surface area (Å²) in [5.74, 6) is -0.413. The lowest BCUT2D eigenvalue weighted by Gasteiger charge is -2.33. The fraction of sp³-hybridized carbons (Fsp3) is 0.333. The van der Waals surface area contributed by atoms with Crippen molar-refractivity contribution in [1.29, 1.82) is 0 Å². The van der Waals surface area contributed by atoms with Crippen LogP contribution in [-0.2, 0) is 27.2 Å². The number of benzene rings is 3. The molecule has 1 aliphatic rings. The molecule has 0 saturated heterocycles. The number of fused-ring (bicyclic) bond motifs is 1. The Labute approximate surface area is 319 Å². The van der Waals surface area contributed by atoms with Gasteiger partial charge in [0.15, 0.2) is 0 Å². The first-order chi connectivity index (χ1) is 25.4. The highest BCUT2D eigenvalue weighted by atomic mass is 32.2. The van der Waals surface area contributed by atoms with E-state index in [9.17, 15) is 19.2 Å². The fourth-order valence-corrected chi connectivity index (χ4v) is 8.33. The first-order valence-electron chi connectivity index (χ1n) is 17.9. The SMILES string of the molecule is CCOC(=O)c1c(NC(=O)C(C)Sc2cccc(NC(=O)/C(=C\c3ccc(OCC)cc3)NC(=O)c3ccccc3)c2)sc2c1CCC(C(C)(C)C)C2. The van der Waals surface area contributed by atoms with E-state index in [1.54, 1.807) is 86.7 Å². The van der Waals surface area contributed by atoms with Gasteiger partial charge in [-0.3, -0.25) is 14.4 Å². The molecule has 0 aliphatic heterocycles. The summed E-state index contributed by atoms with van der Waals surface area (Å²) in [6.07, 6.45) is 4.22. The zero-order valence-electron chi connectivity index (χ0n) is 31.0. The molecule has 1 heterocycles. The van der Waals surface area contributed by atoms with Crippen LogP contribution in [0.2, 0.25) is 0 Å². The molecule has 0 spiro atoms. The Morgan fingerprint density at radius 1 is 0.943 bits per heavy atom. The van der Waals surface area contributed by atoms with E-state index in [0.717, 1.165) is 34.6 Å². The number of esters is 1. The van der Waals surface area contributed by atoms with E-state index in [4.69, 9.17) is 9.47 Å². The lowest BCUT2D eigenvalue weighted by atomic mass is 9.72. The third kappa shape index (κ3) is 10.4. The molecule has 1 aliphatic carbocycles. The topological polar surface area (TPSA) is 123 Å². The van der Waals surface area contributed by atoms with Crippen molar-refractivity contribution >= 4 is 63.6 Å². The number of carbonyl (C=O) groups excluding carboxylic acids is 4. The predicted molar refractivity (Wildman–Crippen MR) is 214 cm³/mol. The Balaban J connectivity index is 1.30. The van der Waals surface area contributed by atoms with Crippen LogP contribution < -0.4 is 20.7 Å². The first-order valence-corrected chi connectivity index (χ1v) is 19.6. The number of thioether (sulfide) groups is 1. The minimum atomic E-state index is -0.530. The van der Waals surface area contributed by atoms with E-state index in [1.165, 1.54) is 23.1 Å². The van der Waals surface area contributed by atoms with Crippen LogP contribution in [0.1, 0.15) is 84.7 Å². The molecular formula is C42H47N3O6S2. The summed E-state index contributed by atoms with van der Waals surface area (Å²) in [6.45, 7) is 13.0. The zero-order valence-corrected chi connectivity index (χ0v) is 32.7. The highest BCUT2D eigenvalue weighted by Crippen LogP contribution is 2.44. The number of hydrogen-bond acceptors (Lipinski definition) is 8. The second-order valence-corrected chi connectivity index (χ2v) is 16.4. The summed E-state index contributed by atoms with van der Waals surface area (Å²) in [5.41, 5.74) is 3.25. The van der Waals surface area contributed by atoms with E-state index in [0.29, 0.717) is 45.7 Å².